The van der Waals surface area contributed by atoms with Gasteiger partial charge in [-0.3, -0.25) is 4.98 Å². The molecule has 0 unspecified atom stereocenters. The first-order chi connectivity index (χ1) is 7.33. The van der Waals surface area contributed by atoms with E-state index < -0.39 is 0 Å². The molecule has 15 heavy (non-hydrogen) atoms. The van der Waals surface area contributed by atoms with E-state index in [9.17, 15) is 0 Å². The van der Waals surface area contributed by atoms with E-state index in [0.29, 0.717) is 0 Å². The highest BCUT2D eigenvalue weighted by Gasteiger charge is 1.94. The van der Waals surface area contributed by atoms with E-state index in [1.807, 2.05) is 6.07 Å². The van der Waals surface area contributed by atoms with Crippen LogP contribution >= 0.6 is 0 Å². The molecule has 0 amide bonds. The molecule has 0 saturated heterocycles. The average Bonchev–Trinajstić information content (AvgIpc) is 2.26. The third-order valence-electron chi connectivity index (χ3n) is 2.32. The van der Waals surface area contributed by atoms with Crippen LogP contribution in [0.25, 0.3) is 0 Å². The molecule has 0 fully saturated rings. The Morgan fingerprint density at radius 3 is 2.80 bits per heavy atom. The lowest BCUT2D eigenvalue weighted by Crippen LogP contribution is -2.15. The van der Waals surface area contributed by atoms with Gasteiger partial charge in [0.15, 0.2) is 0 Å². The molecule has 0 aliphatic heterocycles. The molecule has 0 aromatic carbocycles. The number of aromatic hydroxyl groups is 1. The normalized spacial score (nSPS) is 10.5. The number of nitrogens with zero attached hydrogens (tertiary/aromatic N) is 1. The largest absolute Gasteiger partial charge is 0.506 e. The zero-order valence-corrected chi connectivity index (χ0v) is 9.37. The molecule has 0 saturated carbocycles. The number of nitrogens with one attached hydrogen (secondary N) is 1. The molecule has 0 spiro atoms. The SMILES string of the molecule is CCCCCCNCc1ccc(O)cn1. The van der Waals surface area contributed by atoms with E-state index in [1.54, 1.807) is 6.07 Å². The average molecular weight is 208 g/mol. The molecule has 0 aliphatic carbocycles. The van der Waals surface area contributed by atoms with Gasteiger partial charge in [0.25, 0.3) is 0 Å². The standard InChI is InChI=1S/C12H20N2O/c1-2-3-4-5-8-13-9-11-6-7-12(15)10-14-11/h6-7,10,13,15H,2-5,8-9H2,1H3. The van der Waals surface area contributed by atoms with E-state index >= 15 is 0 Å². The lowest BCUT2D eigenvalue weighted by Gasteiger charge is -2.03. The van der Waals surface area contributed by atoms with Crippen molar-refractivity contribution in [1.29, 1.82) is 0 Å². The van der Waals surface area contributed by atoms with Crippen molar-refractivity contribution in [1.82, 2.24) is 10.3 Å². The molecule has 1 rings (SSSR count). The Labute approximate surface area is 91.5 Å². The molecular formula is C12H20N2O. The van der Waals surface area contributed by atoms with Crippen molar-refractivity contribution in [2.24, 2.45) is 0 Å². The highest BCUT2D eigenvalue weighted by Crippen LogP contribution is 2.05. The van der Waals surface area contributed by atoms with Crippen molar-refractivity contribution in [2.75, 3.05) is 6.54 Å². The number of aromatic nitrogens is 1. The Balaban J connectivity index is 2.07. The van der Waals surface area contributed by atoms with Crippen LogP contribution in [-0.2, 0) is 6.54 Å². The Kier molecular flexibility index (Phi) is 5.78. The highest BCUT2D eigenvalue weighted by atomic mass is 16.3. The molecule has 2 N–H and O–H groups in total. The monoisotopic (exact) mass is 208 g/mol. The third-order valence-corrected chi connectivity index (χ3v) is 2.32. The number of rotatable bonds is 7. The molecule has 3 heteroatoms. The van der Waals surface area contributed by atoms with Crippen LogP contribution in [0.3, 0.4) is 0 Å². The summed E-state index contributed by atoms with van der Waals surface area (Å²) in [5, 5.41) is 12.4. The van der Waals surface area contributed by atoms with Crippen LogP contribution in [-0.4, -0.2) is 16.6 Å². The van der Waals surface area contributed by atoms with Gasteiger partial charge in [0.1, 0.15) is 5.75 Å². The van der Waals surface area contributed by atoms with Gasteiger partial charge >= 0.3 is 0 Å². The van der Waals surface area contributed by atoms with E-state index in [4.69, 9.17) is 5.11 Å². The number of hydrogen-bond donors (Lipinski definition) is 2. The van der Waals surface area contributed by atoms with Crippen LogP contribution < -0.4 is 5.32 Å². The van der Waals surface area contributed by atoms with Crippen molar-refractivity contribution in [3.05, 3.63) is 24.0 Å². The van der Waals surface area contributed by atoms with Crippen molar-refractivity contribution < 1.29 is 5.11 Å². The maximum absolute atomic E-state index is 9.04. The summed E-state index contributed by atoms with van der Waals surface area (Å²) in [6, 6.07) is 3.51. The third kappa shape index (κ3) is 5.37. The minimum absolute atomic E-state index is 0.224. The molecule has 0 radical (unpaired) electrons. The fraction of sp³-hybridized carbons (Fsp3) is 0.583. The predicted octanol–water partition coefficient (Wildman–Crippen LogP) is 2.46. The second-order valence-electron chi connectivity index (χ2n) is 3.75. The van der Waals surface area contributed by atoms with Crippen molar-refractivity contribution in [3.63, 3.8) is 0 Å². The van der Waals surface area contributed by atoms with E-state index in [1.165, 1.54) is 31.9 Å². The fourth-order valence-electron chi connectivity index (χ4n) is 1.41. The first kappa shape index (κ1) is 12.0. The number of pyridine rings is 1. The maximum Gasteiger partial charge on any atom is 0.133 e. The summed E-state index contributed by atoms with van der Waals surface area (Å²) in [5.41, 5.74) is 0.975. The summed E-state index contributed by atoms with van der Waals surface area (Å²) < 4.78 is 0. The summed E-state index contributed by atoms with van der Waals surface area (Å²) in [5.74, 6) is 0.224. The van der Waals surface area contributed by atoms with Crippen molar-refractivity contribution in [2.45, 2.75) is 39.2 Å². The fourth-order valence-corrected chi connectivity index (χ4v) is 1.41. The van der Waals surface area contributed by atoms with Gasteiger partial charge in [-0.1, -0.05) is 26.2 Å². The topological polar surface area (TPSA) is 45.1 Å². The Morgan fingerprint density at radius 2 is 2.13 bits per heavy atom. The zero-order chi connectivity index (χ0) is 10.9. The van der Waals surface area contributed by atoms with Gasteiger partial charge in [-0.25, -0.2) is 0 Å². The molecule has 1 heterocycles. The molecule has 0 bridgehead atoms. The minimum Gasteiger partial charge on any atom is -0.506 e. The van der Waals surface area contributed by atoms with Gasteiger partial charge in [-0.15, -0.1) is 0 Å². The molecule has 1 aromatic heterocycles. The lowest BCUT2D eigenvalue weighted by molar-refractivity contribution is 0.471. The Morgan fingerprint density at radius 1 is 1.27 bits per heavy atom. The Hall–Kier alpha value is -1.09. The van der Waals surface area contributed by atoms with E-state index in [-0.39, 0.29) is 5.75 Å². The number of hydrogen-bond acceptors (Lipinski definition) is 3. The van der Waals surface area contributed by atoms with Gasteiger partial charge in [-0.2, -0.15) is 0 Å². The summed E-state index contributed by atoms with van der Waals surface area (Å²) >= 11 is 0. The van der Waals surface area contributed by atoms with Crippen LogP contribution in [0, 0.1) is 0 Å². The molecule has 0 aliphatic rings. The van der Waals surface area contributed by atoms with Crippen LogP contribution in [0.5, 0.6) is 5.75 Å². The molecule has 0 atom stereocenters. The van der Waals surface area contributed by atoms with E-state index in [0.717, 1.165) is 18.8 Å². The van der Waals surface area contributed by atoms with Crippen molar-refractivity contribution >= 4 is 0 Å². The van der Waals surface area contributed by atoms with Crippen LogP contribution in [0.15, 0.2) is 18.3 Å². The van der Waals surface area contributed by atoms with Gasteiger partial charge in [-0.05, 0) is 25.1 Å². The summed E-state index contributed by atoms with van der Waals surface area (Å²) in [6.07, 6.45) is 6.60. The predicted molar refractivity (Wildman–Crippen MR) is 61.8 cm³/mol. The lowest BCUT2D eigenvalue weighted by atomic mass is 10.2. The van der Waals surface area contributed by atoms with Gasteiger partial charge in [0, 0.05) is 6.54 Å². The first-order valence-corrected chi connectivity index (χ1v) is 5.67. The summed E-state index contributed by atoms with van der Waals surface area (Å²) in [6.45, 7) is 4.04. The van der Waals surface area contributed by atoms with Gasteiger partial charge in [0.05, 0.1) is 11.9 Å². The molecule has 3 nitrogen and oxygen atoms in total. The molecular weight excluding hydrogens is 188 g/mol. The van der Waals surface area contributed by atoms with E-state index in [2.05, 4.69) is 17.2 Å². The second kappa shape index (κ2) is 7.23. The summed E-state index contributed by atoms with van der Waals surface area (Å²) in [7, 11) is 0. The summed E-state index contributed by atoms with van der Waals surface area (Å²) in [4.78, 5) is 4.10. The zero-order valence-electron chi connectivity index (χ0n) is 9.37. The maximum atomic E-state index is 9.04. The van der Waals surface area contributed by atoms with Gasteiger partial charge in [0.2, 0.25) is 0 Å². The van der Waals surface area contributed by atoms with Crippen LogP contribution in [0.4, 0.5) is 0 Å². The number of unbranched alkanes of at least 4 members (excludes halogenated alkanes) is 3. The quantitative estimate of drug-likeness (QED) is 0.676. The molecule has 84 valence electrons. The Bertz CT molecular complexity index is 259. The van der Waals surface area contributed by atoms with Gasteiger partial charge < -0.3 is 10.4 Å². The highest BCUT2D eigenvalue weighted by molar-refractivity contribution is 5.17. The molecule has 1 aromatic rings. The first-order valence-electron chi connectivity index (χ1n) is 5.67. The minimum atomic E-state index is 0.224. The second-order valence-corrected chi connectivity index (χ2v) is 3.75. The van der Waals surface area contributed by atoms with Crippen molar-refractivity contribution in [3.8, 4) is 5.75 Å². The smallest absolute Gasteiger partial charge is 0.133 e. The van der Waals surface area contributed by atoms with Crippen LogP contribution in [0.2, 0.25) is 0 Å². The van der Waals surface area contributed by atoms with Crippen LogP contribution in [0.1, 0.15) is 38.3 Å².